The molecule has 0 bridgehead atoms. The molecule has 0 aromatic heterocycles. The summed E-state index contributed by atoms with van der Waals surface area (Å²) in [6.07, 6.45) is 0. The summed E-state index contributed by atoms with van der Waals surface area (Å²) in [5.41, 5.74) is 5.42. The Hall–Kier alpha value is -2.02. The molecule has 0 radical (unpaired) electrons. The fourth-order valence-electron chi connectivity index (χ4n) is 1.54. The maximum absolute atomic E-state index is 13.8. The van der Waals surface area contributed by atoms with Gasteiger partial charge in [-0.15, -0.1) is 0 Å². The van der Waals surface area contributed by atoms with E-state index in [0.29, 0.717) is 0 Å². The lowest BCUT2D eigenvalue weighted by molar-refractivity contribution is -0.174. The molecule has 0 aliphatic rings. The lowest BCUT2D eigenvalue weighted by Crippen LogP contribution is -2.41. The minimum atomic E-state index is -3.88. The zero-order valence-corrected chi connectivity index (χ0v) is 11.1. The highest BCUT2D eigenvalue weighted by atomic mass is 19.3. The number of halogens is 2. The number of esters is 2. The molecule has 5 nitrogen and oxygen atoms in total. The standard InChI is InChI=1S/C13H15F2NO4/c1-3-20-12(18)13(14,15)10(16)8-5-4-6-9(7-8)11(17)19-2/h4-7,10H,3,16H2,1-2H3/t10-/m0/s1. The molecule has 1 rings (SSSR count). The Labute approximate surface area is 114 Å². The number of ether oxygens (including phenoxy) is 2. The highest BCUT2D eigenvalue weighted by molar-refractivity contribution is 5.89. The second kappa shape index (κ2) is 6.42. The molecule has 0 unspecified atom stereocenters. The Morgan fingerprint density at radius 2 is 2.05 bits per heavy atom. The second-order valence-electron chi connectivity index (χ2n) is 3.94. The van der Waals surface area contributed by atoms with E-state index >= 15 is 0 Å². The van der Waals surface area contributed by atoms with Gasteiger partial charge in [0.2, 0.25) is 0 Å². The molecule has 1 aromatic carbocycles. The third-order valence-electron chi connectivity index (χ3n) is 2.61. The molecule has 110 valence electrons. The van der Waals surface area contributed by atoms with Gasteiger partial charge in [-0.3, -0.25) is 0 Å². The molecule has 1 atom stereocenters. The van der Waals surface area contributed by atoms with Gasteiger partial charge in [-0.2, -0.15) is 8.78 Å². The van der Waals surface area contributed by atoms with Gasteiger partial charge in [0.1, 0.15) is 6.04 Å². The van der Waals surface area contributed by atoms with Gasteiger partial charge in [0, 0.05) is 0 Å². The van der Waals surface area contributed by atoms with E-state index in [9.17, 15) is 18.4 Å². The van der Waals surface area contributed by atoms with Crippen LogP contribution in [-0.4, -0.2) is 31.6 Å². The van der Waals surface area contributed by atoms with Crippen molar-refractivity contribution in [3.8, 4) is 0 Å². The monoisotopic (exact) mass is 287 g/mol. The summed E-state index contributed by atoms with van der Waals surface area (Å²) >= 11 is 0. The molecular formula is C13H15F2NO4. The van der Waals surface area contributed by atoms with E-state index in [0.717, 1.165) is 6.07 Å². The summed E-state index contributed by atoms with van der Waals surface area (Å²) in [5, 5.41) is 0. The van der Waals surface area contributed by atoms with Crippen LogP contribution in [0.4, 0.5) is 8.78 Å². The zero-order chi connectivity index (χ0) is 15.3. The molecule has 0 spiro atoms. The highest BCUT2D eigenvalue weighted by Gasteiger charge is 2.47. The number of benzene rings is 1. The van der Waals surface area contributed by atoms with Crippen LogP contribution in [-0.2, 0) is 14.3 Å². The summed E-state index contributed by atoms with van der Waals surface area (Å²) < 4.78 is 36.3. The van der Waals surface area contributed by atoms with Crippen molar-refractivity contribution in [2.45, 2.75) is 18.9 Å². The Kier molecular flexibility index (Phi) is 5.15. The maximum Gasteiger partial charge on any atom is 0.379 e. The van der Waals surface area contributed by atoms with Gasteiger partial charge in [0.05, 0.1) is 19.3 Å². The summed E-state index contributed by atoms with van der Waals surface area (Å²) in [7, 11) is 1.17. The van der Waals surface area contributed by atoms with Gasteiger partial charge in [0.25, 0.3) is 0 Å². The van der Waals surface area contributed by atoms with Gasteiger partial charge < -0.3 is 15.2 Å². The van der Waals surface area contributed by atoms with Crippen LogP contribution in [0.5, 0.6) is 0 Å². The van der Waals surface area contributed by atoms with Crippen LogP contribution in [0.15, 0.2) is 24.3 Å². The minimum absolute atomic E-state index is 0.0639. The average molecular weight is 287 g/mol. The third kappa shape index (κ3) is 3.30. The summed E-state index contributed by atoms with van der Waals surface area (Å²) in [5.74, 6) is -6.26. The molecule has 0 fully saturated rings. The quantitative estimate of drug-likeness (QED) is 0.833. The Balaban J connectivity index is 3.05. The molecule has 0 aliphatic carbocycles. The van der Waals surface area contributed by atoms with Crippen molar-refractivity contribution in [2.75, 3.05) is 13.7 Å². The first-order valence-electron chi connectivity index (χ1n) is 5.83. The van der Waals surface area contributed by atoms with E-state index < -0.39 is 23.9 Å². The first kappa shape index (κ1) is 16.0. The number of hydrogen-bond acceptors (Lipinski definition) is 5. The summed E-state index contributed by atoms with van der Waals surface area (Å²) in [6, 6.07) is 3.31. The number of nitrogens with two attached hydrogens (primary N) is 1. The van der Waals surface area contributed by atoms with E-state index in [-0.39, 0.29) is 17.7 Å². The van der Waals surface area contributed by atoms with Crippen molar-refractivity contribution in [2.24, 2.45) is 5.73 Å². The van der Waals surface area contributed by atoms with Crippen LogP contribution >= 0.6 is 0 Å². The number of carbonyl (C=O) groups is 2. The van der Waals surface area contributed by atoms with Gasteiger partial charge in [-0.25, -0.2) is 9.59 Å². The van der Waals surface area contributed by atoms with Crippen molar-refractivity contribution < 1.29 is 27.8 Å². The maximum atomic E-state index is 13.8. The first-order chi connectivity index (χ1) is 9.34. The molecule has 0 heterocycles. The molecule has 1 aromatic rings. The molecule has 0 aliphatic heterocycles. The summed E-state index contributed by atoms with van der Waals surface area (Å²) in [6.45, 7) is 1.24. The average Bonchev–Trinajstić information content (AvgIpc) is 2.45. The van der Waals surface area contributed by atoms with Gasteiger partial charge in [0.15, 0.2) is 0 Å². The normalized spacial score (nSPS) is 12.7. The lowest BCUT2D eigenvalue weighted by Gasteiger charge is -2.22. The SMILES string of the molecule is CCOC(=O)C(F)(F)[C@@H](N)c1cccc(C(=O)OC)c1. The van der Waals surface area contributed by atoms with Crippen LogP contribution in [0.25, 0.3) is 0 Å². The van der Waals surface area contributed by atoms with Crippen LogP contribution in [0, 0.1) is 0 Å². The highest BCUT2D eigenvalue weighted by Crippen LogP contribution is 2.31. The van der Waals surface area contributed by atoms with Crippen molar-refractivity contribution >= 4 is 11.9 Å². The molecule has 7 heteroatoms. The van der Waals surface area contributed by atoms with Crippen LogP contribution in [0.3, 0.4) is 0 Å². The Morgan fingerprint density at radius 1 is 1.40 bits per heavy atom. The van der Waals surface area contributed by atoms with Crippen LogP contribution in [0.2, 0.25) is 0 Å². The van der Waals surface area contributed by atoms with E-state index in [2.05, 4.69) is 9.47 Å². The van der Waals surface area contributed by atoms with Crippen LogP contribution < -0.4 is 5.73 Å². The molecule has 2 N–H and O–H groups in total. The molecule has 20 heavy (non-hydrogen) atoms. The van der Waals surface area contributed by atoms with Crippen LogP contribution in [0.1, 0.15) is 28.9 Å². The predicted octanol–water partition coefficient (Wildman–Crippen LogP) is 1.67. The van der Waals surface area contributed by atoms with Crippen molar-refractivity contribution in [1.29, 1.82) is 0 Å². The van der Waals surface area contributed by atoms with E-state index in [1.54, 1.807) is 0 Å². The topological polar surface area (TPSA) is 78.6 Å². The number of hydrogen-bond donors (Lipinski definition) is 1. The predicted molar refractivity (Wildman–Crippen MR) is 66.3 cm³/mol. The van der Waals surface area contributed by atoms with Gasteiger partial charge >= 0.3 is 17.9 Å². The molecule has 0 saturated heterocycles. The smallest absolute Gasteiger partial charge is 0.379 e. The Bertz CT molecular complexity index is 505. The van der Waals surface area contributed by atoms with Gasteiger partial charge in [-0.1, -0.05) is 12.1 Å². The first-order valence-corrected chi connectivity index (χ1v) is 5.83. The number of carbonyl (C=O) groups excluding carboxylic acids is 2. The zero-order valence-electron chi connectivity index (χ0n) is 11.1. The lowest BCUT2D eigenvalue weighted by atomic mass is 9.99. The van der Waals surface area contributed by atoms with Crippen molar-refractivity contribution in [3.05, 3.63) is 35.4 Å². The third-order valence-corrected chi connectivity index (χ3v) is 2.61. The van der Waals surface area contributed by atoms with E-state index in [1.807, 2.05) is 0 Å². The fourth-order valence-corrected chi connectivity index (χ4v) is 1.54. The minimum Gasteiger partial charge on any atom is -0.465 e. The number of rotatable bonds is 5. The largest absolute Gasteiger partial charge is 0.465 e. The second-order valence-corrected chi connectivity index (χ2v) is 3.94. The van der Waals surface area contributed by atoms with E-state index in [1.165, 1.54) is 32.2 Å². The Morgan fingerprint density at radius 3 is 2.60 bits per heavy atom. The molecule has 0 saturated carbocycles. The van der Waals surface area contributed by atoms with E-state index in [4.69, 9.17) is 5.73 Å². The van der Waals surface area contributed by atoms with Gasteiger partial charge in [-0.05, 0) is 24.6 Å². The summed E-state index contributed by atoms with van der Waals surface area (Å²) in [4.78, 5) is 22.5. The van der Waals surface area contributed by atoms with Crippen molar-refractivity contribution in [3.63, 3.8) is 0 Å². The van der Waals surface area contributed by atoms with Crippen molar-refractivity contribution in [1.82, 2.24) is 0 Å². The molecular weight excluding hydrogens is 272 g/mol. The number of alkyl halides is 2. The molecule has 0 amide bonds. The fraction of sp³-hybridized carbons (Fsp3) is 0.385. The number of methoxy groups -OCH3 is 1.